The van der Waals surface area contributed by atoms with Gasteiger partial charge in [-0.3, -0.25) is 0 Å². The van der Waals surface area contributed by atoms with Crippen molar-refractivity contribution < 1.29 is 0 Å². The molecule has 0 saturated carbocycles. The smallest absolute Gasteiger partial charge is 0.165 e. The molecular formula is C15H22N4. The van der Waals surface area contributed by atoms with Crippen LogP contribution in [0.25, 0.3) is 11.4 Å². The van der Waals surface area contributed by atoms with Gasteiger partial charge in [0.05, 0.1) is 0 Å². The highest BCUT2D eigenvalue weighted by Crippen LogP contribution is 2.26. The van der Waals surface area contributed by atoms with Gasteiger partial charge in [0.15, 0.2) is 5.82 Å². The number of benzene rings is 1. The predicted octanol–water partition coefficient (Wildman–Crippen LogP) is 3.33. The van der Waals surface area contributed by atoms with Gasteiger partial charge in [-0.25, -0.2) is 0 Å². The summed E-state index contributed by atoms with van der Waals surface area (Å²) in [4.78, 5) is 0. The van der Waals surface area contributed by atoms with E-state index in [0.29, 0.717) is 5.92 Å². The maximum Gasteiger partial charge on any atom is 0.165 e. The van der Waals surface area contributed by atoms with E-state index < -0.39 is 0 Å². The number of rotatable bonds is 6. The number of anilines is 1. The number of aromatic nitrogens is 3. The second-order valence-electron chi connectivity index (χ2n) is 4.87. The van der Waals surface area contributed by atoms with E-state index in [-0.39, 0.29) is 0 Å². The van der Waals surface area contributed by atoms with Crippen LogP contribution >= 0.6 is 0 Å². The molecule has 4 nitrogen and oxygen atoms in total. The number of para-hydroxylation sites is 1. The summed E-state index contributed by atoms with van der Waals surface area (Å²) in [6.45, 7) is 5.48. The molecule has 0 unspecified atom stereocenters. The average molecular weight is 258 g/mol. The van der Waals surface area contributed by atoms with E-state index in [1.165, 1.54) is 12.8 Å². The van der Waals surface area contributed by atoms with Gasteiger partial charge in [-0.2, -0.15) is 0 Å². The van der Waals surface area contributed by atoms with Crippen LogP contribution in [-0.2, 0) is 7.05 Å². The summed E-state index contributed by atoms with van der Waals surface area (Å²) in [6.07, 6.45) is 4.14. The van der Waals surface area contributed by atoms with Crippen LogP contribution in [0.5, 0.6) is 0 Å². The maximum atomic E-state index is 4.19. The second kappa shape index (κ2) is 6.36. The second-order valence-corrected chi connectivity index (χ2v) is 4.87. The Hall–Kier alpha value is -1.84. The summed E-state index contributed by atoms with van der Waals surface area (Å²) < 4.78 is 1.94. The highest BCUT2D eigenvalue weighted by molar-refractivity contribution is 5.73. The van der Waals surface area contributed by atoms with Crippen LogP contribution in [0.3, 0.4) is 0 Å². The number of nitrogens with one attached hydrogen (secondary N) is 1. The molecule has 2 aromatic rings. The molecule has 0 atom stereocenters. The first-order valence-corrected chi connectivity index (χ1v) is 6.93. The zero-order valence-corrected chi connectivity index (χ0v) is 11.9. The average Bonchev–Trinajstić information content (AvgIpc) is 2.86. The van der Waals surface area contributed by atoms with Gasteiger partial charge < -0.3 is 9.88 Å². The fourth-order valence-corrected chi connectivity index (χ4v) is 2.19. The van der Waals surface area contributed by atoms with E-state index in [1.54, 1.807) is 6.33 Å². The zero-order chi connectivity index (χ0) is 13.7. The molecule has 1 aromatic carbocycles. The Bertz CT molecular complexity index is 514. The van der Waals surface area contributed by atoms with Crippen LogP contribution in [0.4, 0.5) is 5.69 Å². The minimum Gasteiger partial charge on any atom is -0.384 e. The molecule has 2 rings (SSSR count). The van der Waals surface area contributed by atoms with Gasteiger partial charge in [0.25, 0.3) is 0 Å². The fourth-order valence-electron chi connectivity index (χ4n) is 2.19. The molecule has 1 aromatic heterocycles. The van der Waals surface area contributed by atoms with E-state index in [2.05, 4.69) is 47.6 Å². The monoisotopic (exact) mass is 258 g/mol. The van der Waals surface area contributed by atoms with Crippen molar-refractivity contribution in [2.75, 3.05) is 11.9 Å². The predicted molar refractivity (Wildman–Crippen MR) is 79.0 cm³/mol. The molecule has 0 fully saturated rings. The topological polar surface area (TPSA) is 42.7 Å². The van der Waals surface area contributed by atoms with Crippen LogP contribution in [0, 0.1) is 5.92 Å². The fraction of sp³-hybridized carbons (Fsp3) is 0.467. The normalized spacial score (nSPS) is 10.9. The molecule has 102 valence electrons. The lowest BCUT2D eigenvalue weighted by molar-refractivity contribution is 0.519. The van der Waals surface area contributed by atoms with Crippen molar-refractivity contribution in [3.63, 3.8) is 0 Å². The van der Waals surface area contributed by atoms with E-state index in [4.69, 9.17) is 0 Å². The van der Waals surface area contributed by atoms with Crippen molar-refractivity contribution in [3.05, 3.63) is 30.6 Å². The molecule has 0 bridgehead atoms. The first kappa shape index (κ1) is 13.6. The summed E-state index contributed by atoms with van der Waals surface area (Å²) in [6, 6.07) is 8.27. The highest BCUT2D eigenvalue weighted by Gasteiger charge is 2.10. The molecule has 0 radical (unpaired) electrons. The van der Waals surface area contributed by atoms with E-state index >= 15 is 0 Å². The lowest BCUT2D eigenvalue weighted by Crippen LogP contribution is -2.13. The van der Waals surface area contributed by atoms with Gasteiger partial charge in [-0.1, -0.05) is 38.8 Å². The Morgan fingerprint density at radius 3 is 2.58 bits per heavy atom. The molecule has 0 amide bonds. The largest absolute Gasteiger partial charge is 0.384 e. The van der Waals surface area contributed by atoms with Crippen LogP contribution < -0.4 is 5.32 Å². The zero-order valence-electron chi connectivity index (χ0n) is 11.9. The van der Waals surface area contributed by atoms with Gasteiger partial charge in [-0.15, -0.1) is 10.2 Å². The van der Waals surface area contributed by atoms with Crippen molar-refractivity contribution in [3.8, 4) is 11.4 Å². The first-order chi connectivity index (χ1) is 9.26. The minimum atomic E-state index is 0.715. The molecule has 19 heavy (non-hydrogen) atoms. The first-order valence-electron chi connectivity index (χ1n) is 6.93. The third-order valence-electron chi connectivity index (χ3n) is 3.62. The summed E-state index contributed by atoms with van der Waals surface area (Å²) in [5.74, 6) is 1.61. The molecule has 4 heteroatoms. The van der Waals surface area contributed by atoms with Gasteiger partial charge in [0, 0.05) is 24.8 Å². The van der Waals surface area contributed by atoms with Crippen molar-refractivity contribution in [1.29, 1.82) is 0 Å². The summed E-state index contributed by atoms with van der Waals surface area (Å²) in [7, 11) is 1.97. The molecule has 1 heterocycles. The third-order valence-corrected chi connectivity index (χ3v) is 3.62. The SMILES string of the molecule is CCC(CC)CNc1ccccc1-c1nncn1C. The quantitative estimate of drug-likeness (QED) is 0.864. The van der Waals surface area contributed by atoms with Crippen LogP contribution in [0.2, 0.25) is 0 Å². The van der Waals surface area contributed by atoms with Crippen molar-refractivity contribution in [2.45, 2.75) is 26.7 Å². The van der Waals surface area contributed by atoms with Gasteiger partial charge in [-0.05, 0) is 18.1 Å². The van der Waals surface area contributed by atoms with Crippen molar-refractivity contribution in [1.82, 2.24) is 14.8 Å². The molecule has 0 aliphatic carbocycles. The van der Waals surface area contributed by atoms with E-state index in [9.17, 15) is 0 Å². The number of nitrogens with zero attached hydrogens (tertiary/aromatic N) is 3. The Balaban J connectivity index is 2.20. The maximum absolute atomic E-state index is 4.19. The van der Waals surface area contributed by atoms with E-state index in [1.807, 2.05) is 17.7 Å². The summed E-state index contributed by atoms with van der Waals surface area (Å²) in [5.41, 5.74) is 2.24. The highest BCUT2D eigenvalue weighted by atomic mass is 15.2. The van der Waals surface area contributed by atoms with E-state index in [0.717, 1.165) is 23.6 Å². The van der Waals surface area contributed by atoms with Crippen molar-refractivity contribution in [2.24, 2.45) is 13.0 Å². The van der Waals surface area contributed by atoms with Crippen molar-refractivity contribution >= 4 is 5.69 Å². The van der Waals surface area contributed by atoms with Gasteiger partial charge in [0.2, 0.25) is 0 Å². The van der Waals surface area contributed by atoms with Crippen LogP contribution in [0.1, 0.15) is 26.7 Å². The Morgan fingerprint density at radius 2 is 1.95 bits per heavy atom. The Kier molecular flexibility index (Phi) is 4.55. The minimum absolute atomic E-state index is 0.715. The Morgan fingerprint density at radius 1 is 1.21 bits per heavy atom. The van der Waals surface area contributed by atoms with Gasteiger partial charge >= 0.3 is 0 Å². The summed E-state index contributed by atoms with van der Waals surface area (Å²) in [5, 5.41) is 11.7. The van der Waals surface area contributed by atoms with Crippen LogP contribution in [0.15, 0.2) is 30.6 Å². The molecule has 1 N–H and O–H groups in total. The molecule has 0 spiro atoms. The Labute approximate surface area is 114 Å². The molecule has 0 aliphatic heterocycles. The lowest BCUT2D eigenvalue weighted by Gasteiger charge is -2.16. The number of hydrogen-bond acceptors (Lipinski definition) is 3. The van der Waals surface area contributed by atoms with Gasteiger partial charge in [0.1, 0.15) is 6.33 Å². The number of hydrogen-bond donors (Lipinski definition) is 1. The lowest BCUT2D eigenvalue weighted by atomic mass is 10.0. The molecule has 0 saturated heterocycles. The standard InChI is InChI=1S/C15H22N4/c1-4-12(5-2)10-16-14-9-7-6-8-13(14)15-18-17-11-19(15)3/h6-9,11-12,16H,4-5,10H2,1-3H3. The molecular weight excluding hydrogens is 236 g/mol. The number of aryl methyl sites for hydroxylation is 1. The van der Waals surface area contributed by atoms with Crippen LogP contribution in [-0.4, -0.2) is 21.3 Å². The molecule has 0 aliphatic rings. The third kappa shape index (κ3) is 3.13. The summed E-state index contributed by atoms with van der Waals surface area (Å²) >= 11 is 0.